The van der Waals surface area contributed by atoms with E-state index in [-0.39, 0.29) is 36.7 Å². The molecule has 150 valence electrons. The number of anilines is 2. The second-order valence-corrected chi connectivity index (χ2v) is 8.72. The van der Waals surface area contributed by atoms with Gasteiger partial charge >= 0.3 is 0 Å². The quantitative estimate of drug-likeness (QED) is 0.375. The Morgan fingerprint density at radius 1 is 1.21 bits per heavy atom. The number of nitro groups is 1. The van der Waals surface area contributed by atoms with Gasteiger partial charge in [0.1, 0.15) is 0 Å². The third kappa shape index (κ3) is 5.96. The van der Waals surface area contributed by atoms with E-state index in [4.69, 9.17) is 0 Å². The second kappa shape index (κ2) is 9.56. The van der Waals surface area contributed by atoms with Crippen molar-refractivity contribution in [3.05, 3.63) is 58.6 Å². The van der Waals surface area contributed by atoms with Crippen molar-refractivity contribution in [3.63, 3.8) is 0 Å². The molecular formula is C18H21N3O5S2. The lowest BCUT2D eigenvalue weighted by Gasteiger charge is -2.22. The summed E-state index contributed by atoms with van der Waals surface area (Å²) in [6.07, 6.45) is 3.32. The van der Waals surface area contributed by atoms with Crippen molar-refractivity contribution < 1.29 is 18.1 Å². The lowest BCUT2D eigenvalue weighted by atomic mass is 10.2. The Labute approximate surface area is 168 Å². The van der Waals surface area contributed by atoms with E-state index < -0.39 is 14.9 Å². The van der Waals surface area contributed by atoms with Gasteiger partial charge in [-0.2, -0.15) is 0 Å². The maximum Gasteiger partial charge on any atom is 0.271 e. The molecule has 2 aromatic carbocycles. The molecule has 0 aliphatic rings. The van der Waals surface area contributed by atoms with Crippen LogP contribution in [0.4, 0.5) is 17.1 Å². The van der Waals surface area contributed by atoms with Gasteiger partial charge < -0.3 is 5.32 Å². The summed E-state index contributed by atoms with van der Waals surface area (Å²) in [5, 5.41) is 13.8. The van der Waals surface area contributed by atoms with Crippen molar-refractivity contribution in [1.82, 2.24) is 0 Å². The Balaban J connectivity index is 2.04. The number of nitrogens with one attached hydrogen (secondary N) is 1. The van der Waals surface area contributed by atoms with Crippen molar-refractivity contribution in [3.8, 4) is 0 Å². The van der Waals surface area contributed by atoms with Crippen LogP contribution in [0.3, 0.4) is 0 Å². The summed E-state index contributed by atoms with van der Waals surface area (Å²) >= 11 is 1.51. The zero-order chi connectivity index (χ0) is 20.7. The van der Waals surface area contributed by atoms with E-state index in [0.29, 0.717) is 5.69 Å². The van der Waals surface area contributed by atoms with Gasteiger partial charge in [-0.25, -0.2) is 8.42 Å². The van der Waals surface area contributed by atoms with Crippen LogP contribution in [0.25, 0.3) is 0 Å². The number of thioether (sulfide) groups is 1. The van der Waals surface area contributed by atoms with E-state index in [1.54, 1.807) is 6.07 Å². The monoisotopic (exact) mass is 423 g/mol. The topological polar surface area (TPSA) is 110 Å². The SMILES string of the molecule is CSc1ccccc1NC(=O)CCCN(c1cccc([N+](=O)[O-])c1)S(C)(=O)=O. The number of hydrogen-bond donors (Lipinski definition) is 1. The van der Waals surface area contributed by atoms with Gasteiger partial charge in [0.05, 0.1) is 22.6 Å². The molecule has 8 nitrogen and oxygen atoms in total. The van der Waals surface area contributed by atoms with Crippen LogP contribution in [0.1, 0.15) is 12.8 Å². The minimum absolute atomic E-state index is 0.0393. The Morgan fingerprint density at radius 3 is 2.57 bits per heavy atom. The van der Waals surface area contributed by atoms with Crippen LogP contribution in [0.5, 0.6) is 0 Å². The molecule has 0 aliphatic carbocycles. The molecule has 1 N–H and O–H groups in total. The van der Waals surface area contributed by atoms with Gasteiger partial charge in [0.2, 0.25) is 15.9 Å². The summed E-state index contributed by atoms with van der Waals surface area (Å²) in [6, 6.07) is 12.8. The van der Waals surface area contributed by atoms with E-state index in [1.165, 1.54) is 36.0 Å². The summed E-state index contributed by atoms with van der Waals surface area (Å²) in [7, 11) is -3.65. The fourth-order valence-corrected chi connectivity index (χ4v) is 4.10. The average Bonchev–Trinajstić information content (AvgIpc) is 2.64. The molecule has 0 spiro atoms. The van der Waals surface area contributed by atoms with Gasteiger partial charge in [-0.1, -0.05) is 18.2 Å². The van der Waals surface area contributed by atoms with E-state index in [2.05, 4.69) is 5.32 Å². The number of rotatable bonds is 9. The van der Waals surface area contributed by atoms with Gasteiger partial charge in [-0.05, 0) is 30.9 Å². The van der Waals surface area contributed by atoms with Gasteiger partial charge in [-0.3, -0.25) is 19.2 Å². The summed E-state index contributed by atoms with van der Waals surface area (Å²) in [6.45, 7) is 0.0393. The van der Waals surface area contributed by atoms with Crippen LogP contribution in [0, 0.1) is 10.1 Å². The Hall–Kier alpha value is -2.59. The molecule has 0 saturated carbocycles. The lowest BCUT2D eigenvalue weighted by molar-refractivity contribution is -0.384. The maximum absolute atomic E-state index is 12.2. The van der Waals surface area contributed by atoms with E-state index in [1.807, 2.05) is 24.5 Å². The molecule has 0 unspecified atom stereocenters. The number of amides is 1. The third-order valence-electron chi connectivity index (χ3n) is 3.87. The first-order chi connectivity index (χ1) is 13.2. The highest BCUT2D eigenvalue weighted by Gasteiger charge is 2.20. The first kappa shape index (κ1) is 21.7. The van der Waals surface area contributed by atoms with Crippen LogP contribution in [-0.4, -0.2) is 38.3 Å². The van der Waals surface area contributed by atoms with Crippen molar-refractivity contribution in [2.75, 3.05) is 28.7 Å². The van der Waals surface area contributed by atoms with Crippen LogP contribution in [0.15, 0.2) is 53.4 Å². The fraction of sp³-hybridized carbons (Fsp3) is 0.278. The molecule has 2 rings (SSSR count). The summed E-state index contributed by atoms with van der Waals surface area (Å²) in [5.41, 5.74) is 0.709. The highest BCUT2D eigenvalue weighted by Crippen LogP contribution is 2.25. The molecule has 0 atom stereocenters. The molecule has 0 fully saturated rings. The Bertz CT molecular complexity index is 963. The first-order valence-corrected chi connectivity index (χ1v) is 11.4. The van der Waals surface area contributed by atoms with E-state index in [9.17, 15) is 23.3 Å². The Morgan fingerprint density at radius 2 is 1.93 bits per heavy atom. The number of sulfonamides is 1. The number of nitro benzene ring substituents is 1. The molecule has 0 aromatic heterocycles. The molecule has 0 bridgehead atoms. The van der Waals surface area contributed by atoms with Crippen molar-refractivity contribution >= 4 is 44.8 Å². The molecule has 2 aromatic rings. The zero-order valence-corrected chi connectivity index (χ0v) is 17.1. The molecule has 0 radical (unpaired) electrons. The van der Waals surface area contributed by atoms with Gasteiger partial charge in [0, 0.05) is 30.0 Å². The number of nitrogens with zero attached hydrogens (tertiary/aromatic N) is 2. The van der Waals surface area contributed by atoms with E-state index >= 15 is 0 Å². The van der Waals surface area contributed by atoms with E-state index in [0.717, 1.165) is 15.5 Å². The highest BCUT2D eigenvalue weighted by molar-refractivity contribution is 7.98. The number of carbonyl (C=O) groups excluding carboxylic acids is 1. The molecule has 1 amide bonds. The van der Waals surface area contributed by atoms with Gasteiger partial charge in [0.25, 0.3) is 5.69 Å². The molecule has 0 heterocycles. The Kier molecular flexibility index (Phi) is 7.41. The number of para-hydroxylation sites is 1. The number of hydrogen-bond acceptors (Lipinski definition) is 6. The van der Waals surface area contributed by atoms with Gasteiger partial charge in [-0.15, -0.1) is 11.8 Å². The smallest absolute Gasteiger partial charge is 0.271 e. The minimum Gasteiger partial charge on any atom is -0.325 e. The predicted molar refractivity (Wildman–Crippen MR) is 111 cm³/mol. The van der Waals surface area contributed by atoms with Crippen LogP contribution < -0.4 is 9.62 Å². The normalized spacial score (nSPS) is 11.1. The lowest BCUT2D eigenvalue weighted by Crippen LogP contribution is -2.31. The number of carbonyl (C=O) groups is 1. The zero-order valence-electron chi connectivity index (χ0n) is 15.5. The fourth-order valence-electron chi connectivity index (χ4n) is 2.59. The van der Waals surface area contributed by atoms with Crippen LogP contribution >= 0.6 is 11.8 Å². The molecule has 0 saturated heterocycles. The molecule has 28 heavy (non-hydrogen) atoms. The maximum atomic E-state index is 12.2. The third-order valence-corrected chi connectivity index (χ3v) is 5.86. The first-order valence-electron chi connectivity index (χ1n) is 8.37. The number of non-ortho nitro benzene ring substituents is 1. The molecule has 10 heteroatoms. The number of benzene rings is 2. The summed E-state index contributed by atoms with van der Waals surface area (Å²) < 4.78 is 25.3. The van der Waals surface area contributed by atoms with Crippen molar-refractivity contribution in [1.29, 1.82) is 0 Å². The summed E-state index contributed by atoms with van der Waals surface area (Å²) in [4.78, 5) is 23.5. The van der Waals surface area contributed by atoms with Crippen LogP contribution in [-0.2, 0) is 14.8 Å². The molecule has 0 aliphatic heterocycles. The summed E-state index contributed by atoms with van der Waals surface area (Å²) in [5.74, 6) is -0.228. The van der Waals surface area contributed by atoms with Gasteiger partial charge in [0.15, 0.2) is 0 Å². The van der Waals surface area contributed by atoms with Crippen molar-refractivity contribution in [2.24, 2.45) is 0 Å². The molecular weight excluding hydrogens is 402 g/mol. The minimum atomic E-state index is -3.65. The van der Waals surface area contributed by atoms with Crippen LogP contribution in [0.2, 0.25) is 0 Å². The highest BCUT2D eigenvalue weighted by atomic mass is 32.2. The standard InChI is InChI=1S/C18H21N3O5S2/c1-27-17-10-4-3-9-16(17)19-18(22)11-6-12-20(28(2,25)26)14-7-5-8-15(13-14)21(23)24/h3-5,7-10,13H,6,11-12H2,1-2H3,(H,19,22). The largest absolute Gasteiger partial charge is 0.325 e. The second-order valence-electron chi connectivity index (χ2n) is 5.96. The van der Waals surface area contributed by atoms with Crippen molar-refractivity contribution in [2.45, 2.75) is 17.7 Å². The average molecular weight is 424 g/mol. The predicted octanol–water partition coefficient (Wildman–Crippen LogP) is 3.50.